The number of rotatable bonds is 7. The van der Waals surface area contributed by atoms with Crippen LogP contribution in [0.5, 0.6) is 0 Å². The van der Waals surface area contributed by atoms with Crippen molar-refractivity contribution in [1.82, 2.24) is 5.32 Å². The van der Waals surface area contributed by atoms with Crippen LogP contribution >= 0.6 is 0 Å². The highest BCUT2D eigenvalue weighted by Crippen LogP contribution is 2.60. The number of carbonyl (C=O) groups is 2. The van der Waals surface area contributed by atoms with Crippen molar-refractivity contribution in [2.24, 2.45) is 16.7 Å². The van der Waals surface area contributed by atoms with E-state index in [1.807, 2.05) is 0 Å². The number of carboxylic acids is 2. The van der Waals surface area contributed by atoms with E-state index in [4.69, 9.17) is 0 Å². The first-order chi connectivity index (χ1) is 13.8. The van der Waals surface area contributed by atoms with Crippen LogP contribution in [0.1, 0.15) is 52.5 Å². The van der Waals surface area contributed by atoms with E-state index >= 15 is 0 Å². The molecule has 30 heavy (non-hydrogen) atoms. The lowest BCUT2D eigenvalue weighted by Crippen LogP contribution is -2.71. The molecule has 0 aromatic heterocycles. The molecule has 1 fully saturated rings. The predicted octanol–water partition coefficient (Wildman–Crippen LogP) is 3.82. The normalized spacial score (nSPS) is 31.3. The SMILES string of the molecule is C=C(C)CC1(C(=O)O)C(C)NC(C)C(C(=O)O)(C(C)C)C1c1cccc([N+](=O)[O-])c1. The summed E-state index contributed by atoms with van der Waals surface area (Å²) in [7, 11) is 0. The van der Waals surface area contributed by atoms with Crippen LogP contribution in [0.2, 0.25) is 0 Å². The van der Waals surface area contributed by atoms with E-state index in [2.05, 4.69) is 11.9 Å². The summed E-state index contributed by atoms with van der Waals surface area (Å²) in [5, 5.41) is 35.6. The first-order valence-corrected chi connectivity index (χ1v) is 9.95. The molecule has 3 N–H and O–H groups in total. The van der Waals surface area contributed by atoms with E-state index in [-0.39, 0.29) is 12.1 Å². The highest BCUT2D eigenvalue weighted by atomic mass is 16.6. The minimum atomic E-state index is -1.56. The number of hydrogen-bond acceptors (Lipinski definition) is 5. The number of nitro groups is 1. The second-order valence-corrected chi connectivity index (χ2v) is 8.77. The van der Waals surface area contributed by atoms with E-state index < -0.39 is 51.6 Å². The third-order valence-corrected chi connectivity index (χ3v) is 6.71. The van der Waals surface area contributed by atoms with E-state index in [1.165, 1.54) is 18.2 Å². The van der Waals surface area contributed by atoms with Gasteiger partial charge in [0.2, 0.25) is 0 Å². The molecule has 0 bridgehead atoms. The van der Waals surface area contributed by atoms with Gasteiger partial charge in [0.05, 0.1) is 15.8 Å². The van der Waals surface area contributed by atoms with Gasteiger partial charge in [0.15, 0.2) is 0 Å². The number of nitrogens with one attached hydrogen (secondary N) is 1. The Morgan fingerprint density at radius 2 is 1.83 bits per heavy atom. The highest BCUT2D eigenvalue weighted by Gasteiger charge is 2.67. The summed E-state index contributed by atoms with van der Waals surface area (Å²) in [6.07, 6.45) is 0.0400. The molecule has 1 aliphatic rings. The van der Waals surface area contributed by atoms with Gasteiger partial charge in [-0.2, -0.15) is 0 Å². The van der Waals surface area contributed by atoms with Gasteiger partial charge in [-0.25, -0.2) is 0 Å². The lowest BCUT2D eigenvalue weighted by Gasteiger charge is -2.59. The van der Waals surface area contributed by atoms with Crippen molar-refractivity contribution >= 4 is 17.6 Å². The Hall–Kier alpha value is -2.74. The van der Waals surface area contributed by atoms with E-state index in [0.29, 0.717) is 11.1 Å². The zero-order valence-electron chi connectivity index (χ0n) is 18.0. The Morgan fingerprint density at radius 1 is 1.23 bits per heavy atom. The molecule has 0 amide bonds. The molecule has 0 aliphatic carbocycles. The second kappa shape index (κ2) is 8.18. The van der Waals surface area contributed by atoms with Crippen molar-refractivity contribution in [3.05, 3.63) is 52.1 Å². The molecule has 8 nitrogen and oxygen atoms in total. The van der Waals surface area contributed by atoms with Gasteiger partial charge in [0.1, 0.15) is 0 Å². The van der Waals surface area contributed by atoms with Crippen LogP contribution in [0.3, 0.4) is 0 Å². The molecule has 0 spiro atoms. The van der Waals surface area contributed by atoms with Gasteiger partial charge in [-0.1, -0.05) is 31.6 Å². The van der Waals surface area contributed by atoms with Gasteiger partial charge in [-0.15, -0.1) is 6.58 Å². The van der Waals surface area contributed by atoms with Crippen LogP contribution in [0.25, 0.3) is 0 Å². The number of nitrogens with zero attached hydrogens (tertiary/aromatic N) is 1. The maximum absolute atomic E-state index is 12.9. The number of carboxylic acid groups (broad SMARTS) is 2. The monoisotopic (exact) mass is 418 g/mol. The fourth-order valence-corrected chi connectivity index (χ4v) is 5.51. The zero-order valence-corrected chi connectivity index (χ0v) is 18.0. The summed E-state index contributed by atoms with van der Waals surface area (Å²) in [6, 6.07) is 4.52. The molecule has 1 aromatic carbocycles. The molecule has 1 aliphatic heterocycles. The van der Waals surface area contributed by atoms with E-state index in [9.17, 15) is 29.9 Å². The summed E-state index contributed by atoms with van der Waals surface area (Å²) in [4.78, 5) is 36.6. The third kappa shape index (κ3) is 3.39. The first-order valence-electron chi connectivity index (χ1n) is 9.95. The van der Waals surface area contributed by atoms with Gasteiger partial charge < -0.3 is 15.5 Å². The molecule has 164 valence electrons. The quantitative estimate of drug-likeness (QED) is 0.348. The molecule has 2 rings (SSSR count). The molecule has 0 radical (unpaired) electrons. The Bertz CT molecular complexity index is 882. The van der Waals surface area contributed by atoms with E-state index in [0.717, 1.165) is 0 Å². The zero-order chi connectivity index (χ0) is 23.0. The molecule has 1 aromatic rings. The fraction of sp³-hybridized carbons (Fsp3) is 0.545. The summed E-state index contributed by atoms with van der Waals surface area (Å²) >= 11 is 0. The minimum Gasteiger partial charge on any atom is -0.481 e. The van der Waals surface area contributed by atoms with Crippen molar-refractivity contribution in [1.29, 1.82) is 0 Å². The topological polar surface area (TPSA) is 130 Å². The lowest BCUT2D eigenvalue weighted by molar-refractivity contribution is -0.385. The standard InChI is InChI=1S/C22H30N2O6/c1-12(2)11-21(19(25)26)14(5)23-15(6)22(13(3)4,20(27)28)18(21)16-8-7-9-17(10-16)24(29)30/h7-10,13-15,18,23H,1,11H2,2-6H3,(H,25,26)(H,27,28). The van der Waals surface area contributed by atoms with Crippen LogP contribution in [-0.2, 0) is 9.59 Å². The average Bonchev–Trinajstić information content (AvgIpc) is 2.62. The number of hydrogen-bond donors (Lipinski definition) is 3. The number of nitro benzene ring substituents is 1. The minimum absolute atomic E-state index is 0.0400. The van der Waals surface area contributed by atoms with Crippen molar-refractivity contribution in [2.75, 3.05) is 0 Å². The number of non-ortho nitro benzene ring substituents is 1. The number of benzene rings is 1. The van der Waals surface area contributed by atoms with Gasteiger partial charge >= 0.3 is 11.9 Å². The summed E-state index contributed by atoms with van der Waals surface area (Å²) in [5.41, 5.74) is -2.35. The molecule has 0 saturated carbocycles. The Morgan fingerprint density at radius 3 is 2.27 bits per heavy atom. The van der Waals surface area contributed by atoms with Crippen LogP contribution in [0, 0.1) is 26.9 Å². The summed E-state index contributed by atoms with van der Waals surface area (Å²) in [6.45, 7) is 12.6. The number of piperidine rings is 1. The highest BCUT2D eigenvalue weighted by molar-refractivity contribution is 5.84. The van der Waals surface area contributed by atoms with Crippen molar-refractivity contribution < 1.29 is 24.7 Å². The largest absolute Gasteiger partial charge is 0.481 e. The predicted molar refractivity (Wildman–Crippen MR) is 112 cm³/mol. The smallest absolute Gasteiger partial charge is 0.312 e. The van der Waals surface area contributed by atoms with Crippen molar-refractivity contribution in [2.45, 2.75) is 59.0 Å². The molecule has 1 saturated heterocycles. The van der Waals surface area contributed by atoms with E-state index in [1.54, 1.807) is 40.7 Å². The number of allylic oxidation sites excluding steroid dienone is 1. The molecular formula is C22H30N2O6. The van der Waals surface area contributed by atoms with Gasteiger partial charge in [-0.3, -0.25) is 19.7 Å². The number of aliphatic carboxylic acids is 2. The Labute approximate surface area is 176 Å². The summed E-state index contributed by atoms with van der Waals surface area (Å²) in [5.74, 6) is -3.77. The van der Waals surface area contributed by atoms with Crippen LogP contribution in [0.15, 0.2) is 36.4 Å². The van der Waals surface area contributed by atoms with Crippen molar-refractivity contribution in [3.63, 3.8) is 0 Å². The summed E-state index contributed by atoms with van der Waals surface area (Å²) < 4.78 is 0. The maximum Gasteiger partial charge on any atom is 0.312 e. The van der Waals surface area contributed by atoms with Crippen LogP contribution in [-0.4, -0.2) is 39.2 Å². The Kier molecular flexibility index (Phi) is 6.42. The van der Waals surface area contributed by atoms with Crippen LogP contribution < -0.4 is 5.32 Å². The first kappa shape index (κ1) is 23.5. The van der Waals surface area contributed by atoms with Crippen LogP contribution in [0.4, 0.5) is 5.69 Å². The average molecular weight is 418 g/mol. The Balaban J connectivity index is 3.01. The lowest BCUT2D eigenvalue weighted by atomic mass is 9.47. The molecule has 5 unspecified atom stereocenters. The van der Waals surface area contributed by atoms with Crippen molar-refractivity contribution in [3.8, 4) is 0 Å². The molecule has 5 atom stereocenters. The maximum atomic E-state index is 12.9. The van der Waals surface area contributed by atoms with Gasteiger partial charge in [0, 0.05) is 30.1 Å². The van der Waals surface area contributed by atoms with Gasteiger partial charge in [0.25, 0.3) is 5.69 Å². The fourth-order valence-electron chi connectivity index (χ4n) is 5.51. The van der Waals surface area contributed by atoms with Gasteiger partial charge in [-0.05, 0) is 38.7 Å². The molecular weight excluding hydrogens is 388 g/mol. The second-order valence-electron chi connectivity index (χ2n) is 8.77. The molecule has 1 heterocycles. The third-order valence-electron chi connectivity index (χ3n) is 6.71. The molecule has 8 heteroatoms.